The van der Waals surface area contributed by atoms with Gasteiger partial charge in [0.05, 0.1) is 0 Å². The molecule has 0 bridgehead atoms. The highest BCUT2D eigenvalue weighted by molar-refractivity contribution is 5.81. The number of Topliss-reactive ketones (excluding diaryl/α,β-unsaturated/α-hetero) is 1. The molecule has 1 unspecified atom stereocenters. The lowest BCUT2D eigenvalue weighted by molar-refractivity contribution is -0.123. The van der Waals surface area contributed by atoms with Crippen LogP contribution < -0.4 is 0 Å². The molecular weight excluding hydrogens is 160 g/mol. The largest absolute Gasteiger partial charge is 0.299 e. The fraction of sp³-hybridized carbons (Fsp3) is 0.583. The molecule has 0 fully saturated rings. The van der Waals surface area contributed by atoms with Crippen LogP contribution in [0.1, 0.15) is 39.0 Å². The van der Waals surface area contributed by atoms with Crippen molar-refractivity contribution in [2.45, 2.75) is 39.0 Å². The van der Waals surface area contributed by atoms with Crippen LogP contribution in [-0.4, -0.2) is 5.78 Å². The number of ketones is 1. The number of carbonyl (C=O) groups excluding carboxylic acids is 1. The van der Waals surface area contributed by atoms with Gasteiger partial charge in [-0.1, -0.05) is 19.1 Å². The maximum absolute atomic E-state index is 11.6. The summed E-state index contributed by atoms with van der Waals surface area (Å²) in [5.74, 6) is 0.613. The molecule has 0 rings (SSSR count). The average Bonchev–Trinajstić information content (AvgIpc) is 2.16. The van der Waals surface area contributed by atoms with Crippen LogP contribution >= 0.6 is 0 Å². The molecule has 1 atom stereocenters. The van der Waals surface area contributed by atoms with Gasteiger partial charge in [-0.05, 0) is 25.7 Å². The van der Waals surface area contributed by atoms with Crippen LogP contribution in [0.2, 0.25) is 0 Å². The summed E-state index contributed by atoms with van der Waals surface area (Å²) in [5, 5.41) is 0. The summed E-state index contributed by atoms with van der Waals surface area (Å²) < 4.78 is 0. The molecule has 0 aromatic rings. The summed E-state index contributed by atoms with van der Waals surface area (Å²) in [5.41, 5.74) is 0. The highest BCUT2D eigenvalue weighted by atomic mass is 16.1. The van der Waals surface area contributed by atoms with Crippen LogP contribution in [-0.2, 0) is 4.79 Å². The van der Waals surface area contributed by atoms with Gasteiger partial charge in [-0.2, -0.15) is 0 Å². The second-order valence-corrected chi connectivity index (χ2v) is 3.26. The van der Waals surface area contributed by atoms with Gasteiger partial charge in [-0.15, -0.1) is 13.2 Å². The second-order valence-electron chi connectivity index (χ2n) is 3.26. The molecule has 74 valence electrons. The third-order valence-electron chi connectivity index (χ3n) is 2.26. The minimum atomic E-state index is 0.234. The Morgan fingerprint density at radius 3 is 2.38 bits per heavy atom. The Balaban J connectivity index is 3.83. The van der Waals surface area contributed by atoms with Crippen LogP contribution in [0, 0.1) is 5.92 Å². The van der Waals surface area contributed by atoms with E-state index in [0.717, 1.165) is 25.7 Å². The minimum absolute atomic E-state index is 0.234. The average molecular weight is 180 g/mol. The zero-order valence-corrected chi connectivity index (χ0v) is 8.59. The van der Waals surface area contributed by atoms with Gasteiger partial charge in [0.25, 0.3) is 0 Å². The summed E-state index contributed by atoms with van der Waals surface area (Å²) in [6.45, 7) is 9.34. The Morgan fingerprint density at radius 1 is 1.31 bits per heavy atom. The molecule has 1 heteroatoms. The van der Waals surface area contributed by atoms with Crippen LogP contribution in [0.15, 0.2) is 25.3 Å². The summed E-state index contributed by atoms with van der Waals surface area (Å²) in [6, 6.07) is 0. The molecule has 0 aromatic carbocycles. The van der Waals surface area contributed by atoms with Crippen molar-refractivity contribution in [1.82, 2.24) is 0 Å². The van der Waals surface area contributed by atoms with Crippen LogP contribution in [0.4, 0.5) is 0 Å². The molecule has 0 saturated carbocycles. The summed E-state index contributed by atoms with van der Waals surface area (Å²) in [7, 11) is 0. The lowest BCUT2D eigenvalue weighted by Gasteiger charge is -2.11. The standard InChI is InChI=1S/C12H20O/c1-4-7-9-11(6-3)12(13)10-8-5-2/h4-5,11H,1-2,6-10H2,3H3. The first-order valence-corrected chi connectivity index (χ1v) is 5.00. The first-order chi connectivity index (χ1) is 6.26. The van der Waals surface area contributed by atoms with Crippen molar-refractivity contribution < 1.29 is 4.79 Å². The molecule has 13 heavy (non-hydrogen) atoms. The molecule has 0 aromatic heterocycles. The van der Waals surface area contributed by atoms with Gasteiger partial charge in [-0.25, -0.2) is 0 Å². The number of hydrogen-bond acceptors (Lipinski definition) is 1. The van der Waals surface area contributed by atoms with Crippen LogP contribution in [0.25, 0.3) is 0 Å². The monoisotopic (exact) mass is 180 g/mol. The molecule has 0 amide bonds. The highest BCUT2D eigenvalue weighted by Crippen LogP contribution is 2.15. The fourth-order valence-corrected chi connectivity index (χ4v) is 1.36. The molecule has 0 N–H and O–H groups in total. The van der Waals surface area contributed by atoms with Gasteiger partial charge in [0, 0.05) is 12.3 Å². The molecule has 0 radical (unpaired) electrons. The van der Waals surface area contributed by atoms with E-state index in [4.69, 9.17) is 0 Å². The molecule has 0 aliphatic rings. The number of carbonyl (C=O) groups is 1. The Morgan fingerprint density at radius 2 is 1.92 bits per heavy atom. The van der Waals surface area contributed by atoms with Crippen LogP contribution in [0.3, 0.4) is 0 Å². The third kappa shape index (κ3) is 5.40. The van der Waals surface area contributed by atoms with Crippen molar-refractivity contribution in [3.63, 3.8) is 0 Å². The third-order valence-corrected chi connectivity index (χ3v) is 2.26. The Labute approximate surface area is 81.5 Å². The molecule has 1 nitrogen and oxygen atoms in total. The van der Waals surface area contributed by atoms with Gasteiger partial charge in [-0.3, -0.25) is 4.79 Å². The predicted octanol–water partition coefficient (Wildman–Crippen LogP) is 3.51. The maximum atomic E-state index is 11.6. The lowest BCUT2D eigenvalue weighted by atomic mass is 9.93. The van der Waals surface area contributed by atoms with Crippen molar-refractivity contribution in [3.8, 4) is 0 Å². The van der Waals surface area contributed by atoms with E-state index in [1.807, 2.05) is 6.08 Å². The number of hydrogen-bond donors (Lipinski definition) is 0. The second kappa shape index (κ2) is 7.78. The highest BCUT2D eigenvalue weighted by Gasteiger charge is 2.13. The quantitative estimate of drug-likeness (QED) is 0.522. The lowest BCUT2D eigenvalue weighted by Crippen LogP contribution is -2.12. The minimum Gasteiger partial charge on any atom is -0.299 e. The molecule has 0 aliphatic heterocycles. The Hall–Kier alpha value is -0.850. The molecule has 0 spiro atoms. The van der Waals surface area contributed by atoms with Crippen molar-refractivity contribution >= 4 is 5.78 Å². The molecular formula is C12H20O. The molecule has 0 aliphatic carbocycles. The first kappa shape index (κ1) is 12.2. The Bertz CT molecular complexity index is 170. The number of allylic oxidation sites excluding steroid dienone is 2. The van der Waals surface area contributed by atoms with Gasteiger partial charge in [0.2, 0.25) is 0 Å². The van der Waals surface area contributed by atoms with Crippen molar-refractivity contribution in [1.29, 1.82) is 0 Å². The topological polar surface area (TPSA) is 17.1 Å². The van der Waals surface area contributed by atoms with Gasteiger partial charge in [0.15, 0.2) is 0 Å². The SMILES string of the molecule is C=CCCC(=O)C(CC)CCC=C. The number of rotatable bonds is 8. The van der Waals surface area contributed by atoms with Gasteiger partial charge >= 0.3 is 0 Å². The zero-order chi connectivity index (χ0) is 10.1. The van der Waals surface area contributed by atoms with Crippen molar-refractivity contribution in [2.24, 2.45) is 5.92 Å². The molecule has 0 heterocycles. The summed E-state index contributed by atoms with van der Waals surface area (Å²) in [6.07, 6.45) is 7.99. The maximum Gasteiger partial charge on any atom is 0.136 e. The van der Waals surface area contributed by atoms with Crippen molar-refractivity contribution in [3.05, 3.63) is 25.3 Å². The van der Waals surface area contributed by atoms with E-state index in [1.54, 1.807) is 6.08 Å². The van der Waals surface area contributed by atoms with E-state index < -0.39 is 0 Å². The van der Waals surface area contributed by atoms with Gasteiger partial charge < -0.3 is 0 Å². The van der Waals surface area contributed by atoms with E-state index in [9.17, 15) is 4.79 Å². The van der Waals surface area contributed by atoms with Crippen LogP contribution in [0.5, 0.6) is 0 Å². The Kier molecular flexibility index (Phi) is 7.27. The molecule has 0 saturated heterocycles. The van der Waals surface area contributed by atoms with E-state index in [2.05, 4.69) is 20.1 Å². The van der Waals surface area contributed by atoms with E-state index in [1.165, 1.54) is 0 Å². The normalized spacial score (nSPS) is 12.1. The van der Waals surface area contributed by atoms with Crippen molar-refractivity contribution in [2.75, 3.05) is 0 Å². The smallest absolute Gasteiger partial charge is 0.136 e. The van der Waals surface area contributed by atoms with E-state index in [0.29, 0.717) is 12.2 Å². The summed E-state index contributed by atoms with van der Waals surface area (Å²) in [4.78, 5) is 11.6. The van der Waals surface area contributed by atoms with Gasteiger partial charge in [0.1, 0.15) is 5.78 Å². The zero-order valence-electron chi connectivity index (χ0n) is 8.59. The summed E-state index contributed by atoms with van der Waals surface area (Å²) >= 11 is 0. The van der Waals surface area contributed by atoms with E-state index >= 15 is 0 Å². The first-order valence-electron chi connectivity index (χ1n) is 5.00. The predicted molar refractivity (Wildman–Crippen MR) is 57.7 cm³/mol. The van der Waals surface area contributed by atoms with E-state index in [-0.39, 0.29) is 5.92 Å². The fourth-order valence-electron chi connectivity index (χ4n) is 1.36.